The first-order valence-electron chi connectivity index (χ1n) is 12.5. The van der Waals surface area contributed by atoms with Crippen LogP contribution in [0.4, 0.5) is 23.2 Å². The number of ether oxygens (including phenoxy) is 1. The number of methoxy groups -OCH3 is 1. The molecule has 2 atom stereocenters. The van der Waals surface area contributed by atoms with Crippen LogP contribution in [-0.4, -0.2) is 50.4 Å². The van der Waals surface area contributed by atoms with E-state index in [4.69, 9.17) is 4.74 Å². The zero-order chi connectivity index (χ0) is 29.9. The Labute approximate surface area is 239 Å². The van der Waals surface area contributed by atoms with E-state index in [0.29, 0.717) is 5.56 Å². The van der Waals surface area contributed by atoms with Crippen molar-refractivity contribution in [3.8, 4) is 0 Å². The van der Waals surface area contributed by atoms with Crippen molar-refractivity contribution >= 4 is 38.4 Å². The van der Waals surface area contributed by atoms with Gasteiger partial charge in [0.25, 0.3) is 5.91 Å². The number of rotatable bonds is 10. The SMILES string of the molecule is CO[C@@H](C)C(=O)N1N=C(c2cc(F)ccc2F)SC1(CCCN(c1cc(F)ccc1F)S(C)(=O)=O)c1ccccc1. The molecule has 1 aliphatic heterocycles. The van der Waals surface area contributed by atoms with E-state index in [-0.39, 0.29) is 30.0 Å². The number of carbonyl (C=O) groups excluding carboxylic acids is 1. The van der Waals surface area contributed by atoms with Crippen LogP contribution in [-0.2, 0) is 24.4 Å². The fourth-order valence-electron chi connectivity index (χ4n) is 4.45. The second-order valence-corrected chi connectivity index (χ2v) is 12.5. The maximum absolute atomic E-state index is 14.8. The summed E-state index contributed by atoms with van der Waals surface area (Å²) in [6.45, 7) is 1.23. The molecule has 3 aromatic carbocycles. The highest BCUT2D eigenvalue weighted by molar-refractivity contribution is 8.15. The van der Waals surface area contributed by atoms with Gasteiger partial charge in [0, 0.05) is 25.3 Å². The van der Waals surface area contributed by atoms with Gasteiger partial charge in [-0.3, -0.25) is 9.10 Å². The van der Waals surface area contributed by atoms with Crippen LogP contribution in [0.1, 0.15) is 30.9 Å². The van der Waals surface area contributed by atoms with Crippen molar-refractivity contribution < 1.29 is 35.5 Å². The van der Waals surface area contributed by atoms with Crippen LogP contribution < -0.4 is 4.31 Å². The number of thioether (sulfide) groups is 1. The first-order chi connectivity index (χ1) is 19.4. The summed E-state index contributed by atoms with van der Waals surface area (Å²) in [7, 11) is -2.71. The number of carbonyl (C=O) groups is 1. The van der Waals surface area contributed by atoms with Crippen LogP contribution >= 0.6 is 11.8 Å². The van der Waals surface area contributed by atoms with Crippen molar-refractivity contribution in [3.63, 3.8) is 0 Å². The normalized spacial score (nSPS) is 17.8. The molecule has 4 rings (SSSR count). The molecule has 0 saturated carbocycles. The van der Waals surface area contributed by atoms with E-state index in [1.54, 1.807) is 30.3 Å². The van der Waals surface area contributed by atoms with Gasteiger partial charge >= 0.3 is 0 Å². The van der Waals surface area contributed by atoms with Gasteiger partial charge in [-0.05, 0) is 55.7 Å². The number of sulfonamides is 1. The van der Waals surface area contributed by atoms with Gasteiger partial charge in [-0.2, -0.15) is 5.10 Å². The molecule has 7 nitrogen and oxygen atoms in total. The van der Waals surface area contributed by atoms with Gasteiger partial charge < -0.3 is 4.74 Å². The Kier molecular flexibility index (Phi) is 9.10. The van der Waals surface area contributed by atoms with Gasteiger partial charge in [-0.15, -0.1) is 0 Å². The minimum atomic E-state index is -4.05. The zero-order valence-electron chi connectivity index (χ0n) is 22.4. The molecule has 218 valence electrons. The molecule has 0 fully saturated rings. The summed E-state index contributed by atoms with van der Waals surface area (Å²) in [5, 5.41) is 5.60. The minimum absolute atomic E-state index is 0.0265. The van der Waals surface area contributed by atoms with Crippen LogP contribution in [0.2, 0.25) is 0 Å². The van der Waals surface area contributed by atoms with Gasteiger partial charge in [0.05, 0.1) is 11.9 Å². The molecule has 1 unspecified atom stereocenters. The van der Waals surface area contributed by atoms with Crippen LogP contribution in [0.5, 0.6) is 0 Å². The Morgan fingerprint density at radius 3 is 2.29 bits per heavy atom. The Morgan fingerprint density at radius 1 is 1.02 bits per heavy atom. The zero-order valence-corrected chi connectivity index (χ0v) is 24.0. The summed E-state index contributed by atoms with van der Waals surface area (Å²) >= 11 is 1.00. The van der Waals surface area contributed by atoms with Gasteiger partial charge in [0.1, 0.15) is 39.3 Å². The second-order valence-electron chi connectivity index (χ2n) is 9.34. The van der Waals surface area contributed by atoms with Crippen molar-refractivity contribution in [2.24, 2.45) is 5.10 Å². The highest BCUT2D eigenvalue weighted by Gasteiger charge is 2.49. The molecule has 0 saturated heterocycles. The number of anilines is 1. The fraction of sp³-hybridized carbons (Fsp3) is 0.286. The summed E-state index contributed by atoms with van der Waals surface area (Å²) in [6, 6.07) is 14.1. The number of halogens is 4. The van der Waals surface area contributed by atoms with Crippen LogP contribution in [0, 0.1) is 23.3 Å². The molecule has 41 heavy (non-hydrogen) atoms. The third kappa shape index (κ3) is 6.41. The topological polar surface area (TPSA) is 79.3 Å². The number of hydrogen-bond acceptors (Lipinski definition) is 6. The van der Waals surface area contributed by atoms with E-state index < -0.39 is 55.9 Å². The van der Waals surface area contributed by atoms with Crippen molar-refractivity contribution in [1.29, 1.82) is 0 Å². The lowest BCUT2D eigenvalue weighted by Gasteiger charge is -2.37. The first kappa shape index (κ1) is 30.5. The van der Waals surface area contributed by atoms with Gasteiger partial charge in [-0.25, -0.2) is 31.0 Å². The van der Waals surface area contributed by atoms with E-state index in [2.05, 4.69) is 5.10 Å². The molecule has 0 N–H and O–H groups in total. The number of hydrazone groups is 1. The Morgan fingerprint density at radius 2 is 1.66 bits per heavy atom. The third-order valence-electron chi connectivity index (χ3n) is 6.55. The average Bonchev–Trinajstić information content (AvgIpc) is 3.33. The molecule has 13 heteroatoms. The number of nitrogens with zero attached hydrogens (tertiary/aromatic N) is 3. The Balaban J connectivity index is 1.78. The monoisotopic (exact) mass is 609 g/mol. The number of benzene rings is 3. The first-order valence-corrected chi connectivity index (χ1v) is 15.1. The molecule has 1 amide bonds. The van der Waals surface area contributed by atoms with E-state index in [1.165, 1.54) is 14.0 Å². The van der Waals surface area contributed by atoms with Gasteiger partial charge in [-0.1, -0.05) is 42.1 Å². The summed E-state index contributed by atoms with van der Waals surface area (Å²) in [5.41, 5.74) is -0.0460. The molecule has 0 aliphatic carbocycles. The average molecular weight is 610 g/mol. The Bertz CT molecular complexity index is 1570. The maximum atomic E-state index is 14.8. The van der Waals surface area contributed by atoms with Gasteiger partial charge in [0.2, 0.25) is 10.0 Å². The van der Waals surface area contributed by atoms with E-state index in [9.17, 15) is 30.8 Å². The second kappa shape index (κ2) is 12.2. The molecule has 0 radical (unpaired) electrons. The lowest BCUT2D eigenvalue weighted by atomic mass is 9.99. The van der Waals surface area contributed by atoms with E-state index >= 15 is 0 Å². The lowest BCUT2D eigenvalue weighted by molar-refractivity contribution is -0.144. The summed E-state index contributed by atoms with van der Waals surface area (Å²) in [6.07, 6.45) is -0.0204. The molecular weight excluding hydrogens is 582 g/mol. The van der Waals surface area contributed by atoms with Crippen LogP contribution in [0.3, 0.4) is 0 Å². The van der Waals surface area contributed by atoms with E-state index in [0.717, 1.165) is 63.7 Å². The standard InChI is InChI=1S/C28H27F4N3O4S2/c1-18(39-2)27(36)35-28(19-8-5-4-6-9-19,40-26(33-35)22-16-20(29)10-12-23(22)31)14-7-15-34(41(3,37)38)25-17-21(30)11-13-24(25)32/h4-6,8-13,16-18H,7,14-15H2,1-3H3/t18-,28?/m0/s1. The van der Waals surface area contributed by atoms with Crippen molar-refractivity contribution in [2.45, 2.75) is 30.7 Å². The quantitative estimate of drug-likeness (QED) is 0.279. The highest BCUT2D eigenvalue weighted by Crippen LogP contribution is 2.51. The minimum Gasteiger partial charge on any atom is -0.372 e. The molecule has 0 bridgehead atoms. The maximum Gasteiger partial charge on any atom is 0.273 e. The van der Waals surface area contributed by atoms with Crippen molar-refractivity contribution in [1.82, 2.24) is 5.01 Å². The molecule has 1 aliphatic rings. The molecule has 3 aromatic rings. The summed E-state index contributed by atoms with van der Waals surface area (Å²) < 4.78 is 88.8. The highest BCUT2D eigenvalue weighted by atomic mass is 32.2. The Hall–Kier alpha value is -3.42. The molecule has 0 spiro atoms. The fourth-order valence-corrected chi connectivity index (χ4v) is 6.84. The van der Waals surface area contributed by atoms with Gasteiger partial charge in [0.15, 0.2) is 0 Å². The number of amides is 1. The van der Waals surface area contributed by atoms with Crippen LogP contribution in [0.15, 0.2) is 71.8 Å². The van der Waals surface area contributed by atoms with Crippen molar-refractivity contribution in [2.75, 3.05) is 24.2 Å². The summed E-state index contributed by atoms with van der Waals surface area (Å²) in [4.78, 5) is 12.2. The summed E-state index contributed by atoms with van der Waals surface area (Å²) in [5.74, 6) is -3.78. The largest absolute Gasteiger partial charge is 0.372 e. The van der Waals surface area contributed by atoms with Crippen LogP contribution in [0.25, 0.3) is 0 Å². The third-order valence-corrected chi connectivity index (χ3v) is 9.17. The predicted octanol–water partition coefficient (Wildman–Crippen LogP) is 5.61. The van der Waals surface area contributed by atoms with E-state index in [1.807, 2.05) is 0 Å². The van der Waals surface area contributed by atoms with Crippen molar-refractivity contribution in [3.05, 3.63) is 101 Å². The smallest absolute Gasteiger partial charge is 0.273 e. The molecule has 0 aromatic heterocycles. The number of hydrogen-bond donors (Lipinski definition) is 0. The molecular formula is C28H27F4N3O4S2. The molecule has 1 heterocycles. The lowest BCUT2D eigenvalue weighted by Crippen LogP contribution is -2.46. The predicted molar refractivity (Wildman–Crippen MR) is 150 cm³/mol.